The average molecular weight is 359 g/mol. The van der Waals surface area contributed by atoms with Crippen LogP contribution in [0.25, 0.3) is 0 Å². The quantitative estimate of drug-likeness (QED) is 0.628. The highest BCUT2D eigenvalue weighted by Crippen LogP contribution is 2.23. The minimum Gasteiger partial charge on any atom is -0.493 e. The Morgan fingerprint density at radius 3 is 2.86 bits per heavy atom. The highest BCUT2D eigenvalue weighted by Gasteiger charge is 2.06. The van der Waals surface area contributed by atoms with E-state index in [9.17, 15) is 4.79 Å². The van der Waals surface area contributed by atoms with E-state index in [1.807, 2.05) is 25.1 Å². The highest BCUT2D eigenvalue weighted by molar-refractivity contribution is 9.10. The van der Waals surface area contributed by atoms with Gasteiger partial charge in [-0.05, 0) is 25.1 Å². The molecule has 0 aliphatic rings. The summed E-state index contributed by atoms with van der Waals surface area (Å²) in [5, 5.41) is 6.04. The summed E-state index contributed by atoms with van der Waals surface area (Å²) in [6.07, 6.45) is 0.362. The SMILES string of the molecule is CCNC(=O)CCOc1ccc(Br)cc1CNCCOC. The Bertz CT molecular complexity index is 441. The second-order valence-electron chi connectivity index (χ2n) is 4.47. The lowest BCUT2D eigenvalue weighted by molar-refractivity contribution is -0.121. The zero-order valence-electron chi connectivity index (χ0n) is 12.6. The van der Waals surface area contributed by atoms with Crippen LogP contribution in [0.4, 0.5) is 0 Å². The van der Waals surface area contributed by atoms with Crippen molar-refractivity contribution in [2.45, 2.75) is 19.9 Å². The summed E-state index contributed by atoms with van der Waals surface area (Å²) in [4.78, 5) is 11.4. The van der Waals surface area contributed by atoms with Gasteiger partial charge in [0, 0.05) is 36.8 Å². The van der Waals surface area contributed by atoms with E-state index >= 15 is 0 Å². The molecule has 6 heteroatoms. The first-order chi connectivity index (χ1) is 10.2. The van der Waals surface area contributed by atoms with Crippen LogP contribution in [-0.2, 0) is 16.1 Å². The van der Waals surface area contributed by atoms with Crippen molar-refractivity contribution >= 4 is 21.8 Å². The molecule has 21 heavy (non-hydrogen) atoms. The van der Waals surface area contributed by atoms with Gasteiger partial charge in [-0.25, -0.2) is 0 Å². The Hall–Kier alpha value is -1.11. The van der Waals surface area contributed by atoms with E-state index in [-0.39, 0.29) is 5.91 Å². The van der Waals surface area contributed by atoms with E-state index in [2.05, 4.69) is 26.6 Å². The number of amides is 1. The monoisotopic (exact) mass is 358 g/mol. The number of benzene rings is 1. The molecule has 118 valence electrons. The maximum Gasteiger partial charge on any atom is 0.223 e. The number of carbonyl (C=O) groups is 1. The van der Waals surface area contributed by atoms with Crippen molar-refractivity contribution in [1.29, 1.82) is 0 Å². The van der Waals surface area contributed by atoms with Gasteiger partial charge in [0.15, 0.2) is 0 Å². The fraction of sp³-hybridized carbons (Fsp3) is 0.533. The Kier molecular flexibility index (Phi) is 9.05. The molecule has 0 radical (unpaired) electrons. The highest BCUT2D eigenvalue weighted by atomic mass is 79.9. The first-order valence-corrected chi connectivity index (χ1v) is 7.84. The van der Waals surface area contributed by atoms with Crippen LogP contribution < -0.4 is 15.4 Å². The fourth-order valence-corrected chi connectivity index (χ4v) is 2.17. The smallest absolute Gasteiger partial charge is 0.223 e. The lowest BCUT2D eigenvalue weighted by Gasteiger charge is -2.13. The molecule has 0 saturated carbocycles. The van der Waals surface area contributed by atoms with Crippen molar-refractivity contribution in [3.05, 3.63) is 28.2 Å². The largest absolute Gasteiger partial charge is 0.493 e. The summed E-state index contributed by atoms with van der Waals surface area (Å²) < 4.78 is 11.7. The molecule has 1 amide bonds. The van der Waals surface area contributed by atoms with Gasteiger partial charge < -0.3 is 20.1 Å². The number of hydrogen-bond donors (Lipinski definition) is 2. The number of methoxy groups -OCH3 is 1. The van der Waals surface area contributed by atoms with Crippen LogP contribution in [0.1, 0.15) is 18.9 Å². The van der Waals surface area contributed by atoms with E-state index in [0.29, 0.717) is 32.7 Å². The van der Waals surface area contributed by atoms with Crippen LogP contribution >= 0.6 is 15.9 Å². The molecule has 0 bridgehead atoms. The molecule has 1 aromatic carbocycles. The van der Waals surface area contributed by atoms with Crippen molar-refractivity contribution in [3.63, 3.8) is 0 Å². The topological polar surface area (TPSA) is 59.6 Å². The van der Waals surface area contributed by atoms with Crippen LogP contribution in [0.5, 0.6) is 5.75 Å². The zero-order chi connectivity index (χ0) is 15.5. The number of rotatable bonds is 10. The molecule has 0 atom stereocenters. The molecule has 2 N–H and O–H groups in total. The van der Waals surface area contributed by atoms with Gasteiger partial charge >= 0.3 is 0 Å². The average Bonchev–Trinajstić information content (AvgIpc) is 2.46. The number of carbonyl (C=O) groups excluding carboxylic acids is 1. The first-order valence-electron chi connectivity index (χ1n) is 7.05. The minimum absolute atomic E-state index is 0.00869. The molecule has 0 aliphatic carbocycles. The third kappa shape index (κ3) is 7.45. The summed E-state index contributed by atoms with van der Waals surface area (Å²) in [6, 6.07) is 5.86. The molecule has 0 fully saturated rings. The van der Waals surface area contributed by atoms with Crippen molar-refractivity contribution in [2.24, 2.45) is 0 Å². The summed E-state index contributed by atoms with van der Waals surface area (Å²) >= 11 is 3.46. The molecule has 0 unspecified atom stereocenters. The second kappa shape index (κ2) is 10.6. The van der Waals surface area contributed by atoms with Crippen molar-refractivity contribution in [2.75, 3.05) is 33.4 Å². The first kappa shape index (κ1) is 17.9. The number of ether oxygens (including phenoxy) is 2. The van der Waals surface area contributed by atoms with Crippen LogP contribution in [-0.4, -0.2) is 39.3 Å². The van der Waals surface area contributed by atoms with Gasteiger partial charge in [0.05, 0.1) is 19.6 Å². The zero-order valence-corrected chi connectivity index (χ0v) is 14.2. The summed E-state index contributed by atoms with van der Waals surface area (Å²) in [5.74, 6) is 0.807. The predicted octanol–water partition coefficient (Wildman–Crippen LogP) is 2.09. The Labute approximate surface area is 134 Å². The van der Waals surface area contributed by atoms with E-state index < -0.39 is 0 Å². The number of halogens is 1. The van der Waals surface area contributed by atoms with E-state index in [4.69, 9.17) is 9.47 Å². The molecule has 0 aromatic heterocycles. The summed E-state index contributed by atoms with van der Waals surface area (Å²) in [6.45, 7) is 5.06. The fourth-order valence-electron chi connectivity index (χ4n) is 1.76. The molecule has 5 nitrogen and oxygen atoms in total. The van der Waals surface area contributed by atoms with E-state index in [0.717, 1.165) is 22.3 Å². The predicted molar refractivity (Wildman–Crippen MR) is 86.5 cm³/mol. The summed E-state index contributed by atoms with van der Waals surface area (Å²) in [7, 11) is 1.68. The standard InChI is InChI=1S/C15H23BrN2O3/c1-3-18-15(19)6-8-21-14-5-4-13(16)10-12(14)11-17-7-9-20-2/h4-5,10,17H,3,6-9,11H2,1-2H3,(H,18,19). The molecule has 0 heterocycles. The molecule has 0 spiro atoms. The molecule has 1 aromatic rings. The van der Waals surface area contributed by atoms with Crippen molar-refractivity contribution in [1.82, 2.24) is 10.6 Å². The van der Waals surface area contributed by atoms with Gasteiger partial charge in [0.25, 0.3) is 0 Å². The number of hydrogen-bond acceptors (Lipinski definition) is 4. The summed E-state index contributed by atoms with van der Waals surface area (Å²) in [5.41, 5.74) is 1.05. The Morgan fingerprint density at radius 2 is 2.14 bits per heavy atom. The van der Waals surface area contributed by atoms with E-state index in [1.165, 1.54) is 0 Å². The maximum absolute atomic E-state index is 11.4. The van der Waals surface area contributed by atoms with Crippen LogP contribution in [0.15, 0.2) is 22.7 Å². The van der Waals surface area contributed by atoms with Gasteiger partial charge in [-0.15, -0.1) is 0 Å². The van der Waals surface area contributed by atoms with E-state index in [1.54, 1.807) is 7.11 Å². The van der Waals surface area contributed by atoms with Crippen LogP contribution in [0, 0.1) is 0 Å². The van der Waals surface area contributed by atoms with Crippen molar-refractivity contribution < 1.29 is 14.3 Å². The second-order valence-corrected chi connectivity index (χ2v) is 5.39. The van der Waals surface area contributed by atoms with Gasteiger partial charge in [-0.3, -0.25) is 4.79 Å². The molecular formula is C15H23BrN2O3. The van der Waals surface area contributed by atoms with Gasteiger partial charge in [-0.1, -0.05) is 15.9 Å². The van der Waals surface area contributed by atoms with Crippen molar-refractivity contribution in [3.8, 4) is 5.75 Å². The molecular weight excluding hydrogens is 336 g/mol. The van der Waals surface area contributed by atoms with Crippen LogP contribution in [0.2, 0.25) is 0 Å². The van der Waals surface area contributed by atoms with Gasteiger partial charge in [-0.2, -0.15) is 0 Å². The lowest BCUT2D eigenvalue weighted by atomic mass is 10.2. The number of nitrogens with one attached hydrogen (secondary N) is 2. The van der Waals surface area contributed by atoms with Gasteiger partial charge in [0.2, 0.25) is 5.91 Å². The van der Waals surface area contributed by atoms with Crippen LogP contribution in [0.3, 0.4) is 0 Å². The Morgan fingerprint density at radius 1 is 1.33 bits per heavy atom. The third-order valence-electron chi connectivity index (χ3n) is 2.78. The maximum atomic E-state index is 11.4. The molecule has 0 saturated heterocycles. The molecule has 0 aliphatic heterocycles. The van der Waals surface area contributed by atoms with Gasteiger partial charge in [0.1, 0.15) is 5.75 Å². The lowest BCUT2D eigenvalue weighted by Crippen LogP contribution is -2.24. The third-order valence-corrected chi connectivity index (χ3v) is 3.27. The Balaban J connectivity index is 2.49. The normalized spacial score (nSPS) is 10.4. The molecule has 1 rings (SSSR count). The minimum atomic E-state index is 0.00869.